The summed E-state index contributed by atoms with van der Waals surface area (Å²) >= 11 is 1.75. The van der Waals surface area contributed by atoms with Crippen molar-refractivity contribution >= 4 is 11.3 Å². The highest BCUT2D eigenvalue weighted by atomic mass is 32.1. The molecule has 0 radical (unpaired) electrons. The van der Waals surface area contributed by atoms with Gasteiger partial charge < -0.3 is 10.1 Å². The summed E-state index contributed by atoms with van der Waals surface area (Å²) in [6.07, 6.45) is 1.04. The molecule has 0 aromatic carbocycles. The molecule has 0 spiro atoms. The second-order valence-corrected chi connectivity index (χ2v) is 3.73. The van der Waals surface area contributed by atoms with Crippen LogP contribution in [0.15, 0.2) is 16.8 Å². The summed E-state index contributed by atoms with van der Waals surface area (Å²) in [5, 5.41) is 7.76. The lowest BCUT2D eigenvalue weighted by atomic mass is 10.1. The molecule has 13 heavy (non-hydrogen) atoms. The van der Waals surface area contributed by atoms with Crippen LogP contribution in [0.4, 0.5) is 0 Å². The van der Waals surface area contributed by atoms with Gasteiger partial charge in [0.1, 0.15) is 0 Å². The van der Waals surface area contributed by atoms with Crippen LogP contribution in [-0.4, -0.2) is 20.3 Å². The number of hydrogen-bond donors (Lipinski definition) is 1. The average Bonchev–Trinajstić information content (AvgIpc) is 2.65. The lowest BCUT2D eigenvalue weighted by Crippen LogP contribution is -2.21. The Kier molecular flexibility index (Phi) is 5.05. The maximum Gasteiger partial charge on any atom is 0.0480 e. The van der Waals surface area contributed by atoms with E-state index in [4.69, 9.17) is 4.74 Å². The van der Waals surface area contributed by atoms with E-state index in [0.29, 0.717) is 6.04 Å². The van der Waals surface area contributed by atoms with E-state index < -0.39 is 0 Å². The zero-order valence-corrected chi connectivity index (χ0v) is 9.06. The van der Waals surface area contributed by atoms with Crippen LogP contribution in [0.1, 0.15) is 24.9 Å². The van der Waals surface area contributed by atoms with E-state index in [2.05, 4.69) is 29.1 Å². The molecule has 2 nitrogen and oxygen atoms in total. The van der Waals surface area contributed by atoms with Gasteiger partial charge >= 0.3 is 0 Å². The minimum Gasteiger partial charge on any atom is -0.385 e. The lowest BCUT2D eigenvalue weighted by Gasteiger charge is -2.15. The zero-order valence-electron chi connectivity index (χ0n) is 8.25. The Bertz CT molecular complexity index is 211. The monoisotopic (exact) mass is 199 g/mol. The standard InChI is InChI=1S/C10H17NOS/c1-3-11-10(4-6-12-2)9-5-7-13-8-9/h5,7-8,10-11H,3-4,6H2,1-2H3. The molecule has 1 atom stereocenters. The molecule has 0 saturated heterocycles. The Hall–Kier alpha value is -0.380. The van der Waals surface area contributed by atoms with E-state index >= 15 is 0 Å². The van der Waals surface area contributed by atoms with Crippen molar-refractivity contribution in [3.05, 3.63) is 22.4 Å². The van der Waals surface area contributed by atoms with Gasteiger partial charge in [-0.3, -0.25) is 0 Å². The van der Waals surface area contributed by atoms with Gasteiger partial charge in [-0.25, -0.2) is 0 Å². The predicted octanol–water partition coefficient (Wildman–Crippen LogP) is 2.44. The number of ether oxygens (including phenoxy) is 1. The molecular weight excluding hydrogens is 182 g/mol. The highest BCUT2D eigenvalue weighted by molar-refractivity contribution is 7.07. The van der Waals surface area contributed by atoms with E-state index in [9.17, 15) is 0 Å². The van der Waals surface area contributed by atoms with Gasteiger partial charge in [-0.1, -0.05) is 6.92 Å². The number of hydrogen-bond acceptors (Lipinski definition) is 3. The SMILES string of the molecule is CCNC(CCOC)c1ccsc1. The van der Waals surface area contributed by atoms with Crippen molar-refractivity contribution in [1.29, 1.82) is 0 Å². The second-order valence-electron chi connectivity index (χ2n) is 2.95. The Morgan fingerprint density at radius 2 is 2.46 bits per heavy atom. The molecule has 0 saturated carbocycles. The van der Waals surface area contributed by atoms with Crippen LogP contribution in [0.3, 0.4) is 0 Å². The highest BCUT2D eigenvalue weighted by Crippen LogP contribution is 2.19. The molecule has 0 aliphatic heterocycles. The first kappa shape index (κ1) is 10.7. The fourth-order valence-corrected chi connectivity index (χ4v) is 2.06. The fraction of sp³-hybridized carbons (Fsp3) is 0.600. The first-order chi connectivity index (χ1) is 6.38. The summed E-state index contributed by atoms with van der Waals surface area (Å²) < 4.78 is 5.08. The van der Waals surface area contributed by atoms with E-state index in [1.807, 2.05) is 0 Å². The Morgan fingerprint density at radius 1 is 1.62 bits per heavy atom. The van der Waals surface area contributed by atoms with Crippen LogP contribution in [0.2, 0.25) is 0 Å². The molecule has 0 amide bonds. The molecule has 3 heteroatoms. The van der Waals surface area contributed by atoms with Gasteiger partial charge in [-0.05, 0) is 35.4 Å². The predicted molar refractivity (Wildman–Crippen MR) is 57.2 cm³/mol. The van der Waals surface area contributed by atoms with Gasteiger partial charge in [-0.2, -0.15) is 11.3 Å². The minimum atomic E-state index is 0.455. The molecule has 1 rings (SSSR count). The molecule has 0 fully saturated rings. The van der Waals surface area contributed by atoms with Crippen molar-refractivity contribution in [2.45, 2.75) is 19.4 Å². The van der Waals surface area contributed by atoms with E-state index in [1.165, 1.54) is 5.56 Å². The van der Waals surface area contributed by atoms with Crippen molar-refractivity contribution in [3.8, 4) is 0 Å². The minimum absolute atomic E-state index is 0.455. The topological polar surface area (TPSA) is 21.3 Å². The summed E-state index contributed by atoms with van der Waals surface area (Å²) in [7, 11) is 1.75. The third kappa shape index (κ3) is 3.46. The number of methoxy groups -OCH3 is 1. The van der Waals surface area contributed by atoms with Gasteiger partial charge in [-0.15, -0.1) is 0 Å². The number of nitrogens with one attached hydrogen (secondary N) is 1. The van der Waals surface area contributed by atoms with Gasteiger partial charge in [0.15, 0.2) is 0 Å². The van der Waals surface area contributed by atoms with E-state index in [-0.39, 0.29) is 0 Å². The number of rotatable bonds is 6. The third-order valence-corrected chi connectivity index (χ3v) is 2.71. The summed E-state index contributed by atoms with van der Waals surface area (Å²) in [5.41, 5.74) is 1.38. The van der Waals surface area contributed by atoms with Crippen molar-refractivity contribution < 1.29 is 4.74 Å². The van der Waals surface area contributed by atoms with Crippen LogP contribution >= 0.6 is 11.3 Å². The van der Waals surface area contributed by atoms with Gasteiger partial charge in [0.2, 0.25) is 0 Å². The summed E-state index contributed by atoms with van der Waals surface area (Å²) in [6, 6.07) is 2.63. The van der Waals surface area contributed by atoms with E-state index in [0.717, 1.165) is 19.6 Å². The summed E-state index contributed by atoms with van der Waals surface area (Å²) in [6.45, 7) is 3.95. The van der Waals surface area contributed by atoms with Crippen LogP contribution in [0.5, 0.6) is 0 Å². The molecule has 0 bridgehead atoms. The average molecular weight is 199 g/mol. The number of thiophene rings is 1. The van der Waals surface area contributed by atoms with E-state index in [1.54, 1.807) is 18.4 Å². The molecule has 1 aromatic heterocycles. The summed E-state index contributed by atoms with van der Waals surface area (Å²) in [5.74, 6) is 0. The molecule has 0 aliphatic carbocycles. The normalized spacial score (nSPS) is 13.1. The maximum absolute atomic E-state index is 5.08. The first-order valence-electron chi connectivity index (χ1n) is 4.63. The molecule has 1 aromatic rings. The maximum atomic E-state index is 5.08. The van der Waals surface area contributed by atoms with Gasteiger partial charge in [0.25, 0.3) is 0 Å². The molecule has 74 valence electrons. The molecule has 1 N–H and O–H groups in total. The van der Waals surface area contributed by atoms with Crippen molar-refractivity contribution in [2.75, 3.05) is 20.3 Å². The van der Waals surface area contributed by atoms with Crippen LogP contribution in [-0.2, 0) is 4.74 Å². The van der Waals surface area contributed by atoms with Crippen LogP contribution in [0.25, 0.3) is 0 Å². The molecule has 1 unspecified atom stereocenters. The van der Waals surface area contributed by atoms with Crippen LogP contribution in [0, 0.1) is 0 Å². The molecular formula is C10H17NOS. The molecule has 0 aliphatic rings. The molecule has 1 heterocycles. The second kappa shape index (κ2) is 6.13. The largest absolute Gasteiger partial charge is 0.385 e. The van der Waals surface area contributed by atoms with Gasteiger partial charge in [0.05, 0.1) is 0 Å². The smallest absolute Gasteiger partial charge is 0.0480 e. The van der Waals surface area contributed by atoms with Crippen molar-refractivity contribution in [3.63, 3.8) is 0 Å². The van der Waals surface area contributed by atoms with Crippen molar-refractivity contribution in [2.24, 2.45) is 0 Å². The zero-order chi connectivity index (χ0) is 9.52. The third-order valence-electron chi connectivity index (χ3n) is 2.01. The first-order valence-corrected chi connectivity index (χ1v) is 5.57. The quantitative estimate of drug-likeness (QED) is 0.760. The Labute approximate surface area is 83.9 Å². The van der Waals surface area contributed by atoms with Crippen molar-refractivity contribution in [1.82, 2.24) is 5.32 Å². The van der Waals surface area contributed by atoms with Crippen LogP contribution < -0.4 is 5.32 Å². The van der Waals surface area contributed by atoms with Gasteiger partial charge in [0, 0.05) is 19.8 Å². The highest BCUT2D eigenvalue weighted by Gasteiger charge is 2.09. The Morgan fingerprint density at radius 3 is 3.00 bits per heavy atom. The fourth-order valence-electron chi connectivity index (χ4n) is 1.34. The lowest BCUT2D eigenvalue weighted by molar-refractivity contribution is 0.183. The Balaban J connectivity index is 2.47. The summed E-state index contributed by atoms with van der Waals surface area (Å²) in [4.78, 5) is 0.